The van der Waals surface area contributed by atoms with Crippen molar-refractivity contribution in [1.82, 2.24) is 10.3 Å². The first-order chi connectivity index (χ1) is 22.2. The molecule has 13 heteroatoms. The van der Waals surface area contributed by atoms with Crippen LogP contribution in [0.4, 0.5) is 13.2 Å². The molecule has 4 aromatic rings. The van der Waals surface area contributed by atoms with Gasteiger partial charge in [-0.25, -0.2) is 8.96 Å². The number of aliphatic hydroxyl groups is 1. The Kier molecular flexibility index (Phi) is 11.0. The number of benzene rings is 3. The van der Waals surface area contributed by atoms with Crippen molar-refractivity contribution in [2.24, 2.45) is 0 Å². The van der Waals surface area contributed by atoms with Crippen molar-refractivity contribution in [2.45, 2.75) is 37.4 Å². The van der Waals surface area contributed by atoms with E-state index in [1.807, 2.05) is 5.32 Å². The number of carbonyl (C=O) groups excluding carboxylic acids is 1. The number of nitrogens with one attached hydrogen (secondary N) is 1. The van der Waals surface area contributed by atoms with Crippen molar-refractivity contribution in [2.75, 3.05) is 19.9 Å². The number of halogens is 3. The van der Waals surface area contributed by atoms with Crippen LogP contribution in [0, 0.1) is 0 Å². The van der Waals surface area contributed by atoms with Gasteiger partial charge in [-0.15, -0.1) is 0 Å². The lowest BCUT2D eigenvalue weighted by atomic mass is 9.95. The van der Waals surface area contributed by atoms with Crippen LogP contribution in [0.15, 0.2) is 103 Å². The first-order valence-electron chi connectivity index (χ1n) is 14.3. The van der Waals surface area contributed by atoms with Gasteiger partial charge >= 0.3 is 14.2 Å². The predicted octanol–water partition coefficient (Wildman–Crippen LogP) is 6.29. The highest BCUT2D eigenvalue weighted by molar-refractivity contribution is 7.48. The van der Waals surface area contributed by atoms with Crippen LogP contribution in [0.25, 0.3) is 11.1 Å². The summed E-state index contributed by atoms with van der Waals surface area (Å²) in [6.45, 7) is -1.43. The Bertz CT molecular complexity index is 1560. The highest BCUT2D eigenvalue weighted by Crippen LogP contribution is 2.55. The van der Waals surface area contributed by atoms with E-state index in [1.165, 1.54) is 12.1 Å². The first-order valence-corrected chi connectivity index (χ1v) is 15.8. The molecular weight excluding hydrogens is 624 g/mol. The molecule has 0 saturated carbocycles. The summed E-state index contributed by atoms with van der Waals surface area (Å²) in [6.07, 6.45) is -3.41. The number of nitrogens with zero attached hydrogens (tertiary/aromatic N) is 1. The normalized spacial score (nSPS) is 15.6. The lowest BCUT2D eigenvalue weighted by Crippen LogP contribution is -2.47. The number of phosphoric ester groups is 1. The van der Waals surface area contributed by atoms with E-state index < -0.39 is 44.6 Å². The quantitative estimate of drug-likeness (QED) is 0.144. The molecule has 2 atom stereocenters. The molecule has 46 heavy (non-hydrogen) atoms. The van der Waals surface area contributed by atoms with Gasteiger partial charge in [0, 0.05) is 11.8 Å². The molecule has 2 heterocycles. The number of hydrogen-bond acceptors (Lipinski definition) is 8. The van der Waals surface area contributed by atoms with E-state index in [1.54, 1.807) is 91.1 Å². The van der Waals surface area contributed by atoms with Gasteiger partial charge in [-0.1, -0.05) is 91.0 Å². The van der Waals surface area contributed by atoms with E-state index in [-0.39, 0.29) is 32.0 Å². The average Bonchev–Trinajstić information content (AvgIpc) is 3.08. The van der Waals surface area contributed by atoms with Crippen molar-refractivity contribution in [3.05, 3.63) is 126 Å². The number of amides is 1. The van der Waals surface area contributed by atoms with Gasteiger partial charge in [0.1, 0.15) is 12.8 Å². The van der Waals surface area contributed by atoms with Crippen LogP contribution in [0.5, 0.6) is 0 Å². The maximum atomic E-state index is 14.5. The average molecular weight is 657 g/mol. The fourth-order valence-electron chi connectivity index (χ4n) is 4.65. The van der Waals surface area contributed by atoms with Gasteiger partial charge < -0.3 is 15.2 Å². The molecule has 0 unspecified atom stereocenters. The summed E-state index contributed by atoms with van der Waals surface area (Å²) in [5.74, 6) is -1.72. The molecule has 0 bridgehead atoms. The summed E-state index contributed by atoms with van der Waals surface area (Å²) in [6, 6.07) is 25.6. The summed E-state index contributed by atoms with van der Waals surface area (Å²) in [5.41, 5.74) is 2.19. The molecule has 0 radical (unpaired) electrons. The molecule has 1 amide bonds. The van der Waals surface area contributed by atoms with Crippen molar-refractivity contribution in [3.8, 4) is 11.1 Å². The van der Waals surface area contributed by atoms with E-state index in [4.69, 9.17) is 18.3 Å². The molecule has 5 rings (SSSR count). The van der Waals surface area contributed by atoms with Crippen LogP contribution in [-0.4, -0.2) is 48.4 Å². The minimum Gasteiger partial charge on any atom is -0.379 e. The summed E-state index contributed by atoms with van der Waals surface area (Å²) in [5, 5.41) is 12.4. The van der Waals surface area contributed by atoms with Gasteiger partial charge in [0.15, 0.2) is 5.60 Å². The Balaban J connectivity index is 1.43. The van der Waals surface area contributed by atoms with E-state index in [0.29, 0.717) is 27.9 Å². The summed E-state index contributed by atoms with van der Waals surface area (Å²) in [4.78, 5) is 16.3. The number of pyridine rings is 1. The molecule has 0 aliphatic carbocycles. The minimum atomic E-state index is -4.54. The second kappa shape index (κ2) is 15.1. The van der Waals surface area contributed by atoms with Crippen LogP contribution >= 0.6 is 7.82 Å². The number of ether oxygens (including phenoxy) is 1. The van der Waals surface area contributed by atoms with Gasteiger partial charge in [-0.05, 0) is 28.3 Å². The predicted molar refractivity (Wildman–Crippen MR) is 162 cm³/mol. The number of carbonyl (C=O) groups is 1. The van der Waals surface area contributed by atoms with E-state index in [9.17, 15) is 27.6 Å². The smallest absolute Gasteiger partial charge is 0.379 e. The number of hydrogen-bond donors (Lipinski definition) is 2. The molecule has 1 fully saturated rings. The van der Waals surface area contributed by atoms with Gasteiger partial charge in [0.05, 0.1) is 38.2 Å². The molecule has 9 nitrogen and oxygen atoms in total. The molecular formula is C33H32F3N2O7P. The van der Waals surface area contributed by atoms with Gasteiger partial charge in [0.25, 0.3) is 5.91 Å². The van der Waals surface area contributed by atoms with Crippen LogP contribution in [-0.2, 0) is 46.5 Å². The second-order valence-electron chi connectivity index (χ2n) is 10.6. The van der Waals surface area contributed by atoms with Crippen LogP contribution in [0.2, 0.25) is 0 Å². The highest BCUT2D eigenvalue weighted by Gasteiger charge is 2.40. The fourth-order valence-corrected chi connectivity index (χ4v) is 6.01. The number of phosphoric acid groups is 1. The van der Waals surface area contributed by atoms with E-state index in [0.717, 1.165) is 0 Å². The maximum Gasteiger partial charge on any atom is 0.476 e. The topological polar surface area (TPSA) is 116 Å². The fraction of sp³-hybridized carbons (Fsp3) is 0.273. The summed E-state index contributed by atoms with van der Waals surface area (Å²) >= 11 is 0. The SMILES string of the molecule is O=C(N[C@H](CF)[C@H](OP(=O)(OCc1ccccc1)OCc1ccccc1)c1ccc(-c2ccc(C3(O)COC3)nc2)cc1)C(F)F. The monoisotopic (exact) mass is 656 g/mol. The third-order valence-electron chi connectivity index (χ3n) is 7.26. The third kappa shape index (κ3) is 8.47. The Hall–Kier alpha value is -3.90. The molecule has 1 aromatic heterocycles. The standard InChI is InChI=1S/C33H32F3N2O7P/c34-17-28(38-32(39)31(35)36)30(26-13-11-25(12-14-26)27-15-16-29(37-18-27)33(40)21-42-22-33)45-46(41,43-19-23-7-3-1-4-8-23)44-20-24-9-5-2-6-10-24/h1-16,18,28,30-31,40H,17,19-22H2,(H,38,39)/t28-,30-/m1/s1. The first kappa shape index (κ1) is 33.5. The molecule has 2 N–H and O–H groups in total. The molecule has 1 aliphatic heterocycles. The van der Waals surface area contributed by atoms with Crippen molar-refractivity contribution in [1.29, 1.82) is 0 Å². The molecule has 1 saturated heterocycles. The lowest BCUT2D eigenvalue weighted by molar-refractivity contribution is -0.186. The van der Waals surface area contributed by atoms with Crippen molar-refractivity contribution < 1.29 is 45.9 Å². The van der Waals surface area contributed by atoms with Gasteiger partial charge in [0.2, 0.25) is 0 Å². The Morgan fingerprint density at radius 2 is 1.46 bits per heavy atom. The van der Waals surface area contributed by atoms with Crippen molar-refractivity contribution in [3.63, 3.8) is 0 Å². The molecule has 3 aromatic carbocycles. The van der Waals surface area contributed by atoms with E-state index in [2.05, 4.69) is 4.98 Å². The zero-order chi connectivity index (χ0) is 32.6. The maximum absolute atomic E-state index is 14.5. The van der Waals surface area contributed by atoms with Gasteiger partial charge in [-0.2, -0.15) is 8.78 Å². The highest BCUT2D eigenvalue weighted by atomic mass is 31.2. The zero-order valence-corrected chi connectivity index (χ0v) is 25.4. The Morgan fingerprint density at radius 1 is 0.891 bits per heavy atom. The number of alkyl halides is 3. The molecule has 1 aliphatic rings. The second-order valence-corrected chi connectivity index (χ2v) is 12.3. The largest absolute Gasteiger partial charge is 0.476 e. The minimum absolute atomic E-state index is 0.154. The van der Waals surface area contributed by atoms with E-state index >= 15 is 0 Å². The zero-order valence-electron chi connectivity index (χ0n) is 24.5. The van der Waals surface area contributed by atoms with Crippen molar-refractivity contribution >= 4 is 13.7 Å². The lowest BCUT2D eigenvalue weighted by Gasteiger charge is -2.35. The van der Waals surface area contributed by atoms with Gasteiger partial charge in [-0.3, -0.25) is 23.3 Å². The number of rotatable bonds is 15. The van der Waals surface area contributed by atoms with Crippen LogP contribution in [0.3, 0.4) is 0 Å². The number of aromatic nitrogens is 1. The Labute approximate surface area is 263 Å². The Morgan fingerprint density at radius 3 is 1.91 bits per heavy atom. The molecule has 0 spiro atoms. The summed E-state index contributed by atoms with van der Waals surface area (Å²) in [7, 11) is -4.54. The van der Waals surface area contributed by atoms with Crippen LogP contribution in [0.1, 0.15) is 28.5 Å². The van der Waals surface area contributed by atoms with Crippen LogP contribution < -0.4 is 5.32 Å². The molecule has 242 valence electrons. The summed E-state index contributed by atoms with van der Waals surface area (Å²) < 4.78 is 77.3. The third-order valence-corrected chi connectivity index (χ3v) is 8.63.